The molecule has 1 aliphatic carbocycles. The van der Waals surface area contributed by atoms with Crippen molar-refractivity contribution in [2.24, 2.45) is 5.41 Å². The molecule has 0 atom stereocenters. The van der Waals surface area contributed by atoms with E-state index in [9.17, 15) is 18.4 Å². The molecular weight excluding hydrogens is 370 g/mol. The molecule has 0 spiro atoms. The van der Waals surface area contributed by atoms with Crippen molar-refractivity contribution in [3.05, 3.63) is 53.6 Å². The molecule has 6 nitrogen and oxygen atoms in total. The van der Waals surface area contributed by atoms with Gasteiger partial charge in [-0.25, -0.2) is 8.78 Å². The van der Waals surface area contributed by atoms with E-state index < -0.39 is 34.6 Å². The minimum Gasteiger partial charge on any atom is -0.493 e. The van der Waals surface area contributed by atoms with Crippen molar-refractivity contribution < 1.29 is 27.8 Å². The fourth-order valence-corrected chi connectivity index (χ4v) is 2.87. The molecule has 1 aliphatic rings. The summed E-state index contributed by atoms with van der Waals surface area (Å²) in [7, 11) is 3.03. The fourth-order valence-electron chi connectivity index (χ4n) is 2.87. The number of hydrogen-bond acceptors (Lipinski definition) is 4. The first-order chi connectivity index (χ1) is 13.4. The Hall–Kier alpha value is -3.16. The van der Waals surface area contributed by atoms with Gasteiger partial charge in [-0.15, -0.1) is 0 Å². The van der Waals surface area contributed by atoms with Crippen molar-refractivity contribution in [1.29, 1.82) is 0 Å². The number of anilines is 1. The quantitative estimate of drug-likeness (QED) is 0.713. The van der Waals surface area contributed by atoms with Crippen LogP contribution in [0.3, 0.4) is 0 Å². The summed E-state index contributed by atoms with van der Waals surface area (Å²) in [6, 6.07) is 8.46. The number of benzene rings is 2. The zero-order valence-electron chi connectivity index (χ0n) is 15.5. The molecule has 2 aromatic rings. The van der Waals surface area contributed by atoms with Gasteiger partial charge in [0, 0.05) is 6.54 Å². The zero-order valence-corrected chi connectivity index (χ0v) is 15.5. The summed E-state index contributed by atoms with van der Waals surface area (Å²) in [6.45, 7) is 0.169. The Morgan fingerprint density at radius 3 is 2.21 bits per heavy atom. The van der Waals surface area contributed by atoms with Crippen molar-refractivity contribution >= 4 is 17.5 Å². The number of carbonyl (C=O) groups excluding carboxylic acids is 2. The van der Waals surface area contributed by atoms with Gasteiger partial charge < -0.3 is 20.1 Å². The van der Waals surface area contributed by atoms with E-state index in [-0.39, 0.29) is 6.54 Å². The average Bonchev–Trinajstić information content (AvgIpc) is 3.50. The summed E-state index contributed by atoms with van der Waals surface area (Å²) < 4.78 is 37.9. The lowest BCUT2D eigenvalue weighted by atomic mass is 10.0. The molecule has 3 rings (SSSR count). The topological polar surface area (TPSA) is 76.7 Å². The number of hydrogen-bond donors (Lipinski definition) is 2. The van der Waals surface area contributed by atoms with Crippen LogP contribution in [0.25, 0.3) is 0 Å². The van der Waals surface area contributed by atoms with Crippen molar-refractivity contribution in [2.45, 2.75) is 19.4 Å². The number of para-hydroxylation sites is 1. The van der Waals surface area contributed by atoms with Gasteiger partial charge in [0.15, 0.2) is 11.5 Å². The Kier molecular flexibility index (Phi) is 5.48. The maximum atomic E-state index is 13.7. The van der Waals surface area contributed by atoms with E-state index in [1.807, 2.05) is 0 Å². The lowest BCUT2D eigenvalue weighted by Gasteiger charge is -2.16. The number of carbonyl (C=O) groups is 2. The van der Waals surface area contributed by atoms with Gasteiger partial charge in [-0.2, -0.15) is 0 Å². The highest BCUT2D eigenvalue weighted by molar-refractivity contribution is 6.13. The van der Waals surface area contributed by atoms with Crippen LogP contribution in [0.5, 0.6) is 11.5 Å². The molecule has 28 heavy (non-hydrogen) atoms. The molecule has 0 aromatic heterocycles. The van der Waals surface area contributed by atoms with Crippen LogP contribution in [0.2, 0.25) is 0 Å². The number of nitrogens with one attached hydrogen (secondary N) is 2. The molecule has 0 saturated heterocycles. The summed E-state index contributed by atoms with van der Waals surface area (Å²) in [6.07, 6.45) is 0.624. The number of halogens is 2. The maximum absolute atomic E-state index is 13.7. The molecule has 148 valence electrons. The van der Waals surface area contributed by atoms with E-state index in [1.54, 1.807) is 18.2 Å². The van der Waals surface area contributed by atoms with Gasteiger partial charge in [0.1, 0.15) is 22.7 Å². The summed E-state index contributed by atoms with van der Waals surface area (Å²) in [5.41, 5.74) is -1.11. The van der Waals surface area contributed by atoms with Crippen LogP contribution >= 0.6 is 0 Å². The second-order valence-corrected chi connectivity index (χ2v) is 6.50. The summed E-state index contributed by atoms with van der Waals surface area (Å²) in [4.78, 5) is 25.1. The SMILES string of the molecule is COc1ccc(CNC(=O)C2(C(=O)Nc3c(F)cccc3F)CC2)cc1OC. The van der Waals surface area contributed by atoms with Crippen molar-refractivity contribution in [2.75, 3.05) is 19.5 Å². The largest absolute Gasteiger partial charge is 0.493 e. The van der Waals surface area contributed by atoms with Crippen LogP contribution in [0.1, 0.15) is 18.4 Å². The molecule has 8 heteroatoms. The van der Waals surface area contributed by atoms with Crippen LogP contribution in [-0.4, -0.2) is 26.0 Å². The highest BCUT2D eigenvalue weighted by Gasteiger charge is 2.56. The van der Waals surface area contributed by atoms with Gasteiger partial charge in [-0.1, -0.05) is 12.1 Å². The zero-order chi connectivity index (χ0) is 20.3. The maximum Gasteiger partial charge on any atom is 0.240 e. The smallest absolute Gasteiger partial charge is 0.240 e. The minimum atomic E-state index is -1.31. The van der Waals surface area contributed by atoms with E-state index in [1.165, 1.54) is 20.3 Å². The number of rotatable bonds is 7. The third kappa shape index (κ3) is 3.76. The standard InChI is InChI=1S/C20H20F2N2O4/c1-27-15-7-6-12(10-16(15)28-2)11-23-18(25)20(8-9-20)19(26)24-17-13(21)4-3-5-14(17)22/h3-7,10H,8-9,11H2,1-2H3,(H,23,25)(H,24,26). The first-order valence-corrected chi connectivity index (χ1v) is 8.66. The molecule has 2 amide bonds. The van der Waals surface area contributed by atoms with Crippen LogP contribution in [0, 0.1) is 17.0 Å². The Labute approximate surface area is 160 Å². The normalized spacial score (nSPS) is 14.1. The molecule has 1 fully saturated rings. The Bertz CT molecular complexity index is 893. The molecule has 0 radical (unpaired) electrons. The molecule has 1 saturated carbocycles. The molecule has 0 heterocycles. The van der Waals surface area contributed by atoms with Crippen molar-refractivity contribution in [3.63, 3.8) is 0 Å². The highest BCUT2D eigenvalue weighted by Crippen LogP contribution is 2.47. The van der Waals surface area contributed by atoms with Crippen LogP contribution in [-0.2, 0) is 16.1 Å². The second kappa shape index (κ2) is 7.84. The van der Waals surface area contributed by atoms with Gasteiger partial charge in [-0.05, 0) is 42.7 Å². The Morgan fingerprint density at radius 2 is 1.64 bits per heavy atom. The fraction of sp³-hybridized carbons (Fsp3) is 0.300. The molecule has 2 aromatic carbocycles. The predicted octanol–water partition coefficient (Wildman–Crippen LogP) is 3.02. The lowest BCUT2D eigenvalue weighted by Crippen LogP contribution is -2.40. The lowest BCUT2D eigenvalue weighted by molar-refractivity contribution is -0.134. The summed E-state index contributed by atoms with van der Waals surface area (Å²) in [5.74, 6) is -1.92. The Balaban J connectivity index is 1.66. The highest BCUT2D eigenvalue weighted by atomic mass is 19.1. The second-order valence-electron chi connectivity index (χ2n) is 6.50. The number of ether oxygens (including phenoxy) is 2. The van der Waals surface area contributed by atoms with E-state index in [2.05, 4.69) is 10.6 Å². The van der Waals surface area contributed by atoms with E-state index in [0.29, 0.717) is 24.3 Å². The van der Waals surface area contributed by atoms with Crippen LogP contribution in [0.4, 0.5) is 14.5 Å². The average molecular weight is 390 g/mol. The molecule has 2 N–H and O–H groups in total. The summed E-state index contributed by atoms with van der Waals surface area (Å²) >= 11 is 0. The third-order valence-corrected chi connectivity index (χ3v) is 4.72. The van der Waals surface area contributed by atoms with Crippen molar-refractivity contribution in [1.82, 2.24) is 5.32 Å². The minimum absolute atomic E-state index is 0.169. The van der Waals surface area contributed by atoms with Gasteiger partial charge in [0.25, 0.3) is 0 Å². The predicted molar refractivity (Wildman–Crippen MR) is 98.0 cm³/mol. The van der Waals surface area contributed by atoms with Crippen LogP contribution < -0.4 is 20.1 Å². The van der Waals surface area contributed by atoms with Gasteiger partial charge in [0.05, 0.1) is 14.2 Å². The van der Waals surface area contributed by atoms with E-state index in [4.69, 9.17) is 9.47 Å². The van der Waals surface area contributed by atoms with Gasteiger partial charge >= 0.3 is 0 Å². The van der Waals surface area contributed by atoms with Gasteiger partial charge in [0.2, 0.25) is 11.8 Å². The van der Waals surface area contributed by atoms with E-state index in [0.717, 1.165) is 17.7 Å². The molecule has 0 unspecified atom stereocenters. The number of amides is 2. The first kappa shape index (κ1) is 19.6. The van der Waals surface area contributed by atoms with E-state index >= 15 is 0 Å². The van der Waals surface area contributed by atoms with Crippen LogP contribution in [0.15, 0.2) is 36.4 Å². The first-order valence-electron chi connectivity index (χ1n) is 8.66. The number of methoxy groups -OCH3 is 2. The summed E-state index contributed by atoms with van der Waals surface area (Å²) in [5, 5.41) is 4.91. The van der Waals surface area contributed by atoms with Crippen molar-refractivity contribution in [3.8, 4) is 11.5 Å². The monoisotopic (exact) mass is 390 g/mol. The molecular formula is C20H20F2N2O4. The van der Waals surface area contributed by atoms with Gasteiger partial charge in [-0.3, -0.25) is 9.59 Å². The molecule has 0 aliphatic heterocycles. The Morgan fingerprint density at radius 1 is 1.00 bits per heavy atom. The molecule has 0 bridgehead atoms. The third-order valence-electron chi connectivity index (χ3n) is 4.72.